The summed E-state index contributed by atoms with van der Waals surface area (Å²) in [6.45, 7) is 2.11. The fourth-order valence-corrected chi connectivity index (χ4v) is 3.13. The van der Waals surface area contributed by atoms with Crippen molar-refractivity contribution in [2.24, 2.45) is 0 Å². The minimum absolute atomic E-state index is 0.128. The van der Waals surface area contributed by atoms with E-state index in [1.807, 2.05) is 6.92 Å². The second-order valence-electron chi connectivity index (χ2n) is 6.00. The van der Waals surface area contributed by atoms with Gasteiger partial charge in [0.25, 0.3) is 11.7 Å². The summed E-state index contributed by atoms with van der Waals surface area (Å²) in [5, 5.41) is 3.54. The van der Waals surface area contributed by atoms with Crippen LogP contribution >= 0.6 is 23.2 Å². The van der Waals surface area contributed by atoms with E-state index in [0.717, 1.165) is 12.0 Å². The minimum atomic E-state index is -0.608. The smallest absolute Gasteiger partial charge is 0.299 e. The third-order valence-electron chi connectivity index (χ3n) is 4.06. The van der Waals surface area contributed by atoms with Gasteiger partial charge in [-0.15, -0.1) is 0 Å². The Hall–Kier alpha value is -2.37. The zero-order chi connectivity index (χ0) is 18.8. The number of amides is 2. The Morgan fingerprint density at radius 1 is 1.08 bits per heavy atom. The lowest BCUT2D eigenvalue weighted by Gasteiger charge is -2.17. The average molecular weight is 391 g/mol. The van der Waals surface area contributed by atoms with Gasteiger partial charge >= 0.3 is 0 Å². The van der Waals surface area contributed by atoms with Crippen LogP contribution in [-0.2, 0) is 16.1 Å². The molecule has 3 rings (SSSR count). The SMILES string of the molecule is CCCC(=O)Nc1ccc2c(c1)C(=O)C(=O)N2Cc1ccc(Cl)c(Cl)c1. The van der Waals surface area contributed by atoms with Crippen LogP contribution in [0.25, 0.3) is 0 Å². The highest BCUT2D eigenvalue weighted by Gasteiger charge is 2.36. The number of nitrogens with one attached hydrogen (secondary N) is 1. The molecule has 1 aliphatic rings. The van der Waals surface area contributed by atoms with Crippen LogP contribution in [0.5, 0.6) is 0 Å². The van der Waals surface area contributed by atoms with Crippen molar-refractivity contribution in [3.05, 3.63) is 57.6 Å². The number of hydrogen-bond donors (Lipinski definition) is 1. The second kappa shape index (κ2) is 7.48. The van der Waals surface area contributed by atoms with Crippen molar-refractivity contribution >= 4 is 52.2 Å². The number of fused-ring (bicyclic) bond motifs is 1. The molecule has 0 atom stereocenters. The van der Waals surface area contributed by atoms with Crippen LogP contribution in [0.4, 0.5) is 11.4 Å². The minimum Gasteiger partial charge on any atom is -0.326 e. The van der Waals surface area contributed by atoms with Crippen molar-refractivity contribution in [2.45, 2.75) is 26.3 Å². The number of carbonyl (C=O) groups is 3. The number of benzene rings is 2. The second-order valence-corrected chi connectivity index (χ2v) is 6.81. The number of Topliss-reactive ketones (excluding diaryl/α,β-unsaturated/α-hetero) is 1. The van der Waals surface area contributed by atoms with Crippen LogP contribution in [-0.4, -0.2) is 17.6 Å². The predicted octanol–water partition coefficient (Wildman–Crippen LogP) is 4.46. The van der Waals surface area contributed by atoms with E-state index in [0.29, 0.717) is 27.8 Å². The quantitative estimate of drug-likeness (QED) is 0.766. The molecule has 0 fully saturated rings. The van der Waals surface area contributed by atoms with E-state index < -0.39 is 11.7 Å². The van der Waals surface area contributed by atoms with Crippen LogP contribution in [0.1, 0.15) is 35.7 Å². The zero-order valence-corrected chi connectivity index (χ0v) is 15.5. The Bertz CT molecular complexity index is 912. The molecule has 2 aromatic rings. The molecule has 0 saturated heterocycles. The normalized spacial score (nSPS) is 13.1. The number of rotatable bonds is 5. The molecule has 0 aliphatic carbocycles. The Morgan fingerprint density at radius 2 is 1.85 bits per heavy atom. The van der Waals surface area contributed by atoms with E-state index in [1.54, 1.807) is 30.3 Å². The monoisotopic (exact) mass is 390 g/mol. The molecule has 1 heterocycles. The third kappa shape index (κ3) is 3.59. The molecule has 0 aromatic heterocycles. The van der Waals surface area contributed by atoms with Gasteiger partial charge in [-0.3, -0.25) is 14.4 Å². The van der Waals surface area contributed by atoms with Gasteiger partial charge in [-0.2, -0.15) is 0 Å². The molecule has 5 nitrogen and oxygen atoms in total. The fourth-order valence-electron chi connectivity index (χ4n) is 2.81. The first-order chi connectivity index (χ1) is 12.4. The summed E-state index contributed by atoms with van der Waals surface area (Å²) in [6.07, 6.45) is 1.12. The van der Waals surface area contributed by atoms with Gasteiger partial charge in [-0.25, -0.2) is 0 Å². The molecule has 7 heteroatoms. The van der Waals surface area contributed by atoms with Gasteiger partial charge in [0, 0.05) is 12.1 Å². The van der Waals surface area contributed by atoms with E-state index in [4.69, 9.17) is 23.2 Å². The lowest BCUT2D eigenvalue weighted by molar-refractivity contribution is -0.116. The lowest BCUT2D eigenvalue weighted by Crippen LogP contribution is -2.29. The molecular formula is C19H16Cl2N2O3. The molecule has 134 valence electrons. The Morgan fingerprint density at radius 3 is 2.54 bits per heavy atom. The van der Waals surface area contributed by atoms with Crippen molar-refractivity contribution in [3.8, 4) is 0 Å². The number of hydrogen-bond acceptors (Lipinski definition) is 3. The Balaban J connectivity index is 1.87. The van der Waals surface area contributed by atoms with Crippen molar-refractivity contribution in [2.75, 3.05) is 10.2 Å². The molecule has 1 N–H and O–H groups in total. The maximum absolute atomic E-state index is 12.4. The van der Waals surface area contributed by atoms with E-state index in [1.165, 1.54) is 11.0 Å². The van der Waals surface area contributed by atoms with E-state index in [-0.39, 0.29) is 18.0 Å². The van der Waals surface area contributed by atoms with E-state index in [9.17, 15) is 14.4 Å². The molecule has 2 aromatic carbocycles. The summed E-state index contributed by atoms with van der Waals surface area (Å²) < 4.78 is 0. The van der Waals surface area contributed by atoms with Crippen molar-refractivity contribution in [1.29, 1.82) is 0 Å². The van der Waals surface area contributed by atoms with Gasteiger partial charge in [0.15, 0.2) is 0 Å². The first-order valence-electron chi connectivity index (χ1n) is 8.14. The highest BCUT2D eigenvalue weighted by Crippen LogP contribution is 2.33. The van der Waals surface area contributed by atoms with Crippen LogP contribution in [0.15, 0.2) is 36.4 Å². The molecule has 0 unspecified atom stereocenters. The van der Waals surface area contributed by atoms with Crippen LogP contribution in [0.2, 0.25) is 10.0 Å². The van der Waals surface area contributed by atoms with E-state index in [2.05, 4.69) is 5.32 Å². The van der Waals surface area contributed by atoms with Crippen LogP contribution in [0, 0.1) is 0 Å². The molecule has 0 radical (unpaired) electrons. The highest BCUT2D eigenvalue weighted by molar-refractivity contribution is 6.52. The molecule has 2 amide bonds. The van der Waals surface area contributed by atoms with Crippen LogP contribution in [0.3, 0.4) is 0 Å². The standard InChI is InChI=1S/C19H16Cl2N2O3/c1-2-3-17(24)22-12-5-7-16-13(9-12)18(25)19(26)23(16)10-11-4-6-14(20)15(21)8-11/h4-9H,2-3,10H2,1H3,(H,22,24). The molecule has 0 bridgehead atoms. The van der Waals surface area contributed by atoms with Crippen molar-refractivity contribution in [3.63, 3.8) is 0 Å². The first-order valence-corrected chi connectivity index (χ1v) is 8.90. The van der Waals surface area contributed by atoms with Crippen molar-refractivity contribution in [1.82, 2.24) is 0 Å². The first kappa shape index (κ1) is 18.4. The van der Waals surface area contributed by atoms with Gasteiger partial charge in [-0.1, -0.05) is 36.2 Å². The van der Waals surface area contributed by atoms with Crippen LogP contribution < -0.4 is 10.2 Å². The van der Waals surface area contributed by atoms with Gasteiger partial charge in [-0.05, 0) is 42.3 Å². The maximum atomic E-state index is 12.4. The average Bonchev–Trinajstić information content (AvgIpc) is 2.83. The predicted molar refractivity (Wildman–Crippen MR) is 102 cm³/mol. The summed E-state index contributed by atoms with van der Waals surface area (Å²) in [5.74, 6) is -1.33. The largest absolute Gasteiger partial charge is 0.326 e. The Labute approximate surface area is 160 Å². The molecular weight excluding hydrogens is 375 g/mol. The van der Waals surface area contributed by atoms with Gasteiger partial charge in [0.2, 0.25) is 5.91 Å². The fraction of sp³-hybridized carbons (Fsp3) is 0.211. The zero-order valence-electron chi connectivity index (χ0n) is 14.0. The third-order valence-corrected chi connectivity index (χ3v) is 4.80. The lowest BCUT2D eigenvalue weighted by atomic mass is 10.1. The summed E-state index contributed by atoms with van der Waals surface area (Å²) in [6, 6.07) is 9.95. The van der Waals surface area contributed by atoms with Gasteiger partial charge < -0.3 is 10.2 Å². The van der Waals surface area contributed by atoms with Gasteiger partial charge in [0.1, 0.15) is 0 Å². The number of anilines is 2. The maximum Gasteiger partial charge on any atom is 0.299 e. The number of carbonyl (C=O) groups excluding carboxylic acids is 3. The Kier molecular flexibility index (Phi) is 5.30. The summed E-state index contributed by atoms with van der Waals surface area (Å²) in [5.41, 5.74) is 2.05. The molecule has 26 heavy (non-hydrogen) atoms. The van der Waals surface area contributed by atoms with E-state index >= 15 is 0 Å². The summed E-state index contributed by atoms with van der Waals surface area (Å²) in [4.78, 5) is 37.8. The number of nitrogens with zero attached hydrogens (tertiary/aromatic N) is 1. The number of ketones is 1. The number of halogens is 2. The molecule has 0 saturated carbocycles. The summed E-state index contributed by atoms with van der Waals surface area (Å²) in [7, 11) is 0. The summed E-state index contributed by atoms with van der Waals surface area (Å²) >= 11 is 11.9. The molecule has 0 spiro atoms. The van der Waals surface area contributed by atoms with Crippen molar-refractivity contribution < 1.29 is 14.4 Å². The topological polar surface area (TPSA) is 66.5 Å². The highest BCUT2D eigenvalue weighted by atomic mass is 35.5. The molecule has 1 aliphatic heterocycles. The van der Waals surface area contributed by atoms with Gasteiger partial charge in [0.05, 0.1) is 27.8 Å².